The van der Waals surface area contributed by atoms with Crippen LogP contribution in [-0.4, -0.2) is 81.5 Å². The van der Waals surface area contributed by atoms with Gasteiger partial charge in [0.25, 0.3) is 5.91 Å². The third kappa shape index (κ3) is 8.03. The minimum absolute atomic E-state index is 0.192. The molecule has 2 aliphatic carbocycles. The van der Waals surface area contributed by atoms with Crippen LogP contribution in [0.3, 0.4) is 0 Å². The Morgan fingerprint density at radius 2 is 1.62 bits per heavy atom. The van der Waals surface area contributed by atoms with Crippen LogP contribution in [0, 0.1) is 5.41 Å². The third-order valence-corrected chi connectivity index (χ3v) is 11.0. The lowest BCUT2D eigenvalue weighted by molar-refractivity contribution is -0.141. The maximum Gasteiger partial charge on any atom is 0.433 e. The number of fused-ring (bicyclic) bond motifs is 1. The van der Waals surface area contributed by atoms with E-state index in [1.165, 1.54) is 38.9 Å². The number of carbonyl (C=O) groups excluding carboxylic acids is 2. The van der Waals surface area contributed by atoms with E-state index in [0.717, 1.165) is 69.1 Å². The minimum atomic E-state index is -4.65. The number of methoxy groups -OCH3 is 1. The van der Waals surface area contributed by atoms with Crippen LogP contribution in [0.15, 0.2) is 36.5 Å². The van der Waals surface area contributed by atoms with Crippen LogP contribution in [0.25, 0.3) is 10.9 Å². The lowest BCUT2D eigenvalue weighted by atomic mass is 9.66. The molecule has 272 valence electrons. The molecule has 2 aromatic heterocycles. The molecule has 2 amide bonds. The van der Waals surface area contributed by atoms with Crippen molar-refractivity contribution in [1.82, 2.24) is 24.6 Å². The van der Waals surface area contributed by atoms with Crippen LogP contribution in [0.2, 0.25) is 0 Å². The molecule has 3 heterocycles. The number of likely N-dealkylation sites (tertiary alicyclic amines) is 1. The summed E-state index contributed by atoms with van der Waals surface area (Å²) in [5.74, 6) is -0.406. The number of benzene rings is 1. The van der Waals surface area contributed by atoms with Crippen molar-refractivity contribution in [3.63, 3.8) is 0 Å². The van der Waals surface area contributed by atoms with Gasteiger partial charge >= 0.3 is 12.3 Å². The molecule has 1 spiro atoms. The number of hydrogen-bond acceptors (Lipinski definition) is 7. The smallest absolute Gasteiger partial charge is 0.433 e. The van der Waals surface area contributed by atoms with E-state index in [1.807, 2.05) is 36.5 Å². The first-order valence-electron chi connectivity index (χ1n) is 17.8. The van der Waals surface area contributed by atoms with Crippen molar-refractivity contribution in [2.45, 2.75) is 115 Å². The summed E-state index contributed by atoms with van der Waals surface area (Å²) in [6.45, 7) is 7.29. The number of nitrogens with zero attached hydrogens (tertiary/aromatic N) is 5. The fourth-order valence-electron chi connectivity index (χ4n) is 8.07. The number of rotatable bonds is 6. The SMILES string of the molecule is COc1cc2nn(C3CCC(N(C)C4CCC5(CC4)CCN(C(=O)OC(C)(C)C)CC5)CC3)cc2cc1NC(=O)c1cccc(C(F)(F)F)n1. The number of halogens is 3. The zero-order chi connectivity index (χ0) is 35.8. The average Bonchev–Trinajstić information content (AvgIpc) is 3.50. The Kier molecular flexibility index (Phi) is 10.1. The number of pyridine rings is 1. The molecule has 10 nitrogen and oxygen atoms in total. The topological polar surface area (TPSA) is 102 Å². The van der Waals surface area contributed by atoms with Crippen LogP contribution >= 0.6 is 0 Å². The standard InChI is InChI=1S/C37H49F3N6O4/c1-35(2,3)50-34(48)45-19-17-36(18-20-45)15-13-26(14-16-36)44(4)25-9-11-27(12-10-25)46-23-24-21-30(31(49-5)22-29(24)43-46)42-33(47)28-7-6-8-32(41-28)37(38,39)40/h6-8,21-23,25-27H,9-20H2,1-5H3,(H,42,47). The summed E-state index contributed by atoms with van der Waals surface area (Å²) in [5.41, 5.74) is -0.554. The second-order valence-electron chi connectivity index (χ2n) is 15.4. The first kappa shape index (κ1) is 35.9. The van der Waals surface area contributed by atoms with Crippen molar-refractivity contribution in [1.29, 1.82) is 0 Å². The molecule has 3 aliphatic rings. The van der Waals surface area contributed by atoms with Crippen LogP contribution in [0.5, 0.6) is 5.75 Å². The van der Waals surface area contributed by atoms with Crippen LogP contribution in [-0.2, 0) is 10.9 Å². The fraction of sp³-hybridized carbons (Fsp3) is 0.622. The maximum absolute atomic E-state index is 13.1. The Morgan fingerprint density at radius 3 is 2.24 bits per heavy atom. The second kappa shape index (κ2) is 14.0. The minimum Gasteiger partial charge on any atom is -0.494 e. The maximum atomic E-state index is 13.1. The molecule has 0 bridgehead atoms. The molecule has 50 heavy (non-hydrogen) atoms. The Labute approximate surface area is 291 Å². The first-order valence-corrected chi connectivity index (χ1v) is 17.8. The van der Waals surface area contributed by atoms with Crippen molar-refractivity contribution < 1.29 is 32.2 Å². The van der Waals surface area contributed by atoms with E-state index in [2.05, 4.69) is 22.2 Å². The zero-order valence-electron chi connectivity index (χ0n) is 29.7. The highest BCUT2D eigenvalue weighted by molar-refractivity contribution is 6.05. The Morgan fingerprint density at radius 1 is 0.960 bits per heavy atom. The van der Waals surface area contributed by atoms with E-state index in [4.69, 9.17) is 14.6 Å². The fourth-order valence-corrected chi connectivity index (χ4v) is 8.07. The number of hydrogen-bond donors (Lipinski definition) is 1. The molecule has 1 N–H and O–H groups in total. The molecular weight excluding hydrogens is 649 g/mol. The molecule has 1 saturated heterocycles. The van der Waals surface area contributed by atoms with Crippen molar-refractivity contribution in [3.05, 3.63) is 47.9 Å². The molecule has 3 fully saturated rings. The molecule has 0 radical (unpaired) electrons. The van der Waals surface area contributed by atoms with E-state index in [1.54, 1.807) is 12.1 Å². The Bertz CT molecular complexity index is 1680. The van der Waals surface area contributed by atoms with Crippen LogP contribution < -0.4 is 10.1 Å². The Hall–Kier alpha value is -3.87. The summed E-state index contributed by atoms with van der Waals surface area (Å²) in [4.78, 5) is 33.4. The summed E-state index contributed by atoms with van der Waals surface area (Å²) < 4.78 is 52.5. The number of amides is 2. The van der Waals surface area contributed by atoms with Gasteiger partial charge in [0.2, 0.25) is 0 Å². The van der Waals surface area contributed by atoms with Crippen molar-refractivity contribution in [3.8, 4) is 5.75 Å². The van der Waals surface area contributed by atoms with Crippen LogP contribution in [0.4, 0.5) is 23.7 Å². The van der Waals surface area contributed by atoms with Crippen molar-refractivity contribution >= 4 is 28.6 Å². The van der Waals surface area contributed by atoms with Crippen molar-refractivity contribution in [2.75, 3.05) is 32.6 Å². The molecule has 3 aromatic rings. The van der Waals surface area contributed by atoms with Gasteiger partial charge in [-0.3, -0.25) is 9.48 Å². The summed E-state index contributed by atoms with van der Waals surface area (Å²) in [5, 5.41) is 8.30. The van der Waals surface area contributed by atoms with Gasteiger partial charge in [0.05, 0.1) is 24.4 Å². The highest BCUT2D eigenvalue weighted by Gasteiger charge is 2.41. The summed E-state index contributed by atoms with van der Waals surface area (Å²) in [6, 6.07) is 8.04. The van der Waals surface area contributed by atoms with E-state index >= 15 is 0 Å². The van der Waals surface area contributed by atoms with Gasteiger partial charge in [-0.25, -0.2) is 9.78 Å². The molecule has 0 unspecified atom stereocenters. The number of aromatic nitrogens is 3. The van der Waals surface area contributed by atoms with Gasteiger partial charge in [-0.1, -0.05) is 6.07 Å². The largest absolute Gasteiger partial charge is 0.494 e. The summed E-state index contributed by atoms with van der Waals surface area (Å²) in [7, 11) is 3.76. The molecule has 6 rings (SSSR count). The summed E-state index contributed by atoms with van der Waals surface area (Å²) in [6.07, 6.45) is 8.21. The number of alkyl halides is 3. The zero-order valence-corrected chi connectivity index (χ0v) is 29.7. The molecule has 0 atom stereocenters. The number of piperidine rings is 1. The molecule has 1 aromatic carbocycles. The lowest BCUT2D eigenvalue weighted by Crippen LogP contribution is -2.49. The van der Waals surface area contributed by atoms with E-state index < -0.39 is 23.4 Å². The Balaban J connectivity index is 1.02. The average molecular weight is 699 g/mol. The predicted octanol–water partition coefficient (Wildman–Crippen LogP) is 8.09. The monoisotopic (exact) mass is 698 g/mol. The van der Waals surface area contributed by atoms with Gasteiger partial charge < -0.3 is 24.6 Å². The van der Waals surface area contributed by atoms with E-state index in [0.29, 0.717) is 34.5 Å². The normalized spacial score (nSPS) is 21.8. The third-order valence-electron chi connectivity index (χ3n) is 11.0. The van der Waals surface area contributed by atoms with E-state index in [-0.39, 0.29) is 17.8 Å². The molecule has 13 heteroatoms. The highest BCUT2D eigenvalue weighted by atomic mass is 19.4. The number of anilines is 1. The number of ether oxygens (including phenoxy) is 2. The number of nitrogens with one attached hydrogen (secondary N) is 1. The van der Waals surface area contributed by atoms with E-state index in [9.17, 15) is 22.8 Å². The first-order chi connectivity index (χ1) is 23.6. The van der Waals surface area contributed by atoms with Gasteiger partial charge in [-0.15, -0.1) is 0 Å². The molecule has 1 aliphatic heterocycles. The second-order valence-corrected chi connectivity index (χ2v) is 15.4. The highest BCUT2D eigenvalue weighted by Crippen LogP contribution is 2.46. The summed E-state index contributed by atoms with van der Waals surface area (Å²) >= 11 is 0. The van der Waals surface area contributed by atoms with Gasteiger partial charge in [-0.05, 0) is 116 Å². The van der Waals surface area contributed by atoms with Crippen LogP contribution in [0.1, 0.15) is 107 Å². The van der Waals surface area contributed by atoms with Gasteiger partial charge in [0.1, 0.15) is 22.7 Å². The number of carbonyl (C=O) groups is 2. The molecular formula is C37H49F3N6O4. The van der Waals surface area contributed by atoms with Crippen molar-refractivity contribution in [2.24, 2.45) is 5.41 Å². The quantitative estimate of drug-likeness (QED) is 0.278. The van der Waals surface area contributed by atoms with Gasteiger partial charge in [0.15, 0.2) is 0 Å². The predicted molar refractivity (Wildman–Crippen MR) is 184 cm³/mol. The van der Waals surface area contributed by atoms with Gasteiger partial charge in [0, 0.05) is 42.8 Å². The lowest BCUT2D eigenvalue weighted by Gasteiger charge is -2.48. The van der Waals surface area contributed by atoms with Gasteiger partial charge in [-0.2, -0.15) is 18.3 Å². The molecule has 2 saturated carbocycles.